The molecular weight excluding hydrogens is 430 g/mol. The Balaban J connectivity index is 2.12. The molecule has 33 heavy (non-hydrogen) atoms. The molecule has 0 spiro atoms. The standard InChI is InChI=1S/C24H49NO8/c1-2-3-4-5-6-7-8-9-10-11-12-13-14-18(27)20(28)17(25)16-32-24-23(31)22(30)21(29)19(15-26)33-24/h17-24,26-31H,2-16,25H2,1H3/t17-,18+,19?,20-,21-,22?,23?,24-/m0/s1. The Kier molecular flexibility index (Phi) is 16.7. The maximum Gasteiger partial charge on any atom is 0.186 e. The van der Waals surface area contributed by atoms with Crippen molar-refractivity contribution in [2.45, 2.75) is 139 Å². The van der Waals surface area contributed by atoms with E-state index in [0.717, 1.165) is 19.3 Å². The fourth-order valence-corrected chi connectivity index (χ4v) is 4.16. The largest absolute Gasteiger partial charge is 0.394 e. The van der Waals surface area contributed by atoms with Crippen LogP contribution in [0.5, 0.6) is 0 Å². The van der Waals surface area contributed by atoms with Crippen LogP contribution in [0.15, 0.2) is 0 Å². The topological polar surface area (TPSA) is 166 Å². The molecule has 0 radical (unpaired) electrons. The number of unbranched alkanes of at least 4 members (excludes halogenated alkanes) is 11. The number of nitrogens with two attached hydrogens (primary N) is 1. The van der Waals surface area contributed by atoms with E-state index in [-0.39, 0.29) is 6.61 Å². The van der Waals surface area contributed by atoms with Gasteiger partial charge in [-0.25, -0.2) is 0 Å². The Morgan fingerprint density at radius 1 is 0.788 bits per heavy atom. The molecule has 9 heteroatoms. The Labute approximate surface area is 198 Å². The van der Waals surface area contributed by atoms with E-state index in [1.807, 2.05) is 0 Å². The van der Waals surface area contributed by atoms with Crippen molar-refractivity contribution in [3.63, 3.8) is 0 Å². The molecule has 1 heterocycles. The highest BCUT2D eigenvalue weighted by atomic mass is 16.7. The van der Waals surface area contributed by atoms with Crippen LogP contribution in [0.2, 0.25) is 0 Å². The molecule has 1 aliphatic rings. The Morgan fingerprint density at radius 3 is 1.82 bits per heavy atom. The number of ether oxygens (including phenoxy) is 2. The van der Waals surface area contributed by atoms with Crippen LogP contribution in [-0.4, -0.2) is 92.8 Å². The predicted octanol–water partition coefficient (Wildman–Crippen LogP) is 0.943. The SMILES string of the molecule is CCCCCCCCCCCCCC[C@@H](O)[C@@H](O)[C@@H](N)CO[C@H]1OC(CO)[C@H](O)C(O)C1O. The average Bonchev–Trinajstić information content (AvgIpc) is 2.82. The molecule has 8 N–H and O–H groups in total. The molecule has 9 nitrogen and oxygen atoms in total. The van der Waals surface area contributed by atoms with Crippen molar-refractivity contribution in [3.05, 3.63) is 0 Å². The minimum Gasteiger partial charge on any atom is -0.394 e. The van der Waals surface area contributed by atoms with Gasteiger partial charge in [-0.2, -0.15) is 0 Å². The van der Waals surface area contributed by atoms with Gasteiger partial charge in [-0.15, -0.1) is 0 Å². The summed E-state index contributed by atoms with van der Waals surface area (Å²) < 4.78 is 10.6. The minimum atomic E-state index is -1.54. The monoisotopic (exact) mass is 479 g/mol. The van der Waals surface area contributed by atoms with Gasteiger partial charge in [0.1, 0.15) is 24.4 Å². The van der Waals surface area contributed by atoms with Crippen molar-refractivity contribution in [3.8, 4) is 0 Å². The highest BCUT2D eigenvalue weighted by Gasteiger charge is 2.44. The van der Waals surface area contributed by atoms with Crippen LogP contribution in [0.25, 0.3) is 0 Å². The van der Waals surface area contributed by atoms with Crippen molar-refractivity contribution in [2.24, 2.45) is 5.73 Å². The van der Waals surface area contributed by atoms with Crippen LogP contribution in [-0.2, 0) is 9.47 Å². The summed E-state index contributed by atoms with van der Waals surface area (Å²) in [5.41, 5.74) is 5.91. The van der Waals surface area contributed by atoms with E-state index in [4.69, 9.17) is 15.2 Å². The summed E-state index contributed by atoms with van der Waals surface area (Å²) in [5.74, 6) is 0. The first kappa shape index (κ1) is 30.7. The molecule has 0 aromatic carbocycles. The minimum absolute atomic E-state index is 0.237. The lowest BCUT2D eigenvalue weighted by molar-refractivity contribution is -0.302. The molecule has 0 saturated carbocycles. The van der Waals surface area contributed by atoms with Crippen molar-refractivity contribution in [2.75, 3.05) is 13.2 Å². The lowest BCUT2D eigenvalue weighted by atomic mass is 9.99. The van der Waals surface area contributed by atoms with Gasteiger partial charge < -0.3 is 45.8 Å². The number of aliphatic hydroxyl groups excluding tert-OH is 6. The van der Waals surface area contributed by atoms with Crippen LogP contribution in [0.3, 0.4) is 0 Å². The van der Waals surface area contributed by atoms with E-state index >= 15 is 0 Å². The van der Waals surface area contributed by atoms with E-state index in [1.54, 1.807) is 0 Å². The fourth-order valence-electron chi connectivity index (χ4n) is 4.16. The molecule has 0 aromatic heterocycles. The summed E-state index contributed by atoms with van der Waals surface area (Å²) in [6, 6.07) is -0.926. The van der Waals surface area contributed by atoms with Crippen molar-refractivity contribution in [1.82, 2.24) is 0 Å². The van der Waals surface area contributed by atoms with Gasteiger partial charge in [0.25, 0.3) is 0 Å². The number of rotatable bonds is 19. The molecule has 1 rings (SSSR count). The normalized spacial score (nSPS) is 28.5. The first-order chi connectivity index (χ1) is 15.8. The third kappa shape index (κ3) is 11.7. The van der Waals surface area contributed by atoms with Crippen molar-refractivity contribution in [1.29, 1.82) is 0 Å². The predicted molar refractivity (Wildman–Crippen MR) is 125 cm³/mol. The van der Waals surface area contributed by atoms with Gasteiger partial charge in [0.2, 0.25) is 0 Å². The molecule has 1 aliphatic heterocycles. The third-order valence-corrected chi connectivity index (χ3v) is 6.49. The summed E-state index contributed by atoms with van der Waals surface area (Å²) in [5, 5.41) is 59.2. The average molecular weight is 480 g/mol. The van der Waals surface area contributed by atoms with Gasteiger partial charge in [-0.1, -0.05) is 84.0 Å². The Morgan fingerprint density at radius 2 is 1.30 bits per heavy atom. The fraction of sp³-hybridized carbons (Fsp3) is 1.00. The summed E-state index contributed by atoms with van der Waals surface area (Å²) >= 11 is 0. The van der Waals surface area contributed by atoms with Gasteiger partial charge in [0.05, 0.1) is 31.5 Å². The Bertz CT molecular complexity index is 470. The van der Waals surface area contributed by atoms with Crippen molar-refractivity contribution < 1.29 is 40.1 Å². The van der Waals surface area contributed by atoms with Crippen LogP contribution >= 0.6 is 0 Å². The maximum atomic E-state index is 10.3. The molecule has 0 aromatic rings. The molecule has 0 bridgehead atoms. The zero-order chi connectivity index (χ0) is 24.6. The molecule has 198 valence electrons. The van der Waals surface area contributed by atoms with E-state index in [9.17, 15) is 30.6 Å². The zero-order valence-electron chi connectivity index (χ0n) is 20.3. The number of hydrogen-bond acceptors (Lipinski definition) is 9. The number of hydrogen-bond donors (Lipinski definition) is 7. The van der Waals surface area contributed by atoms with E-state index in [0.29, 0.717) is 6.42 Å². The summed E-state index contributed by atoms with van der Waals surface area (Å²) in [6.45, 7) is 1.44. The molecule has 8 atom stereocenters. The second kappa shape index (κ2) is 18.0. The third-order valence-electron chi connectivity index (χ3n) is 6.49. The van der Waals surface area contributed by atoms with Gasteiger partial charge in [0.15, 0.2) is 6.29 Å². The second-order valence-electron chi connectivity index (χ2n) is 9.43. The van der Waals surface area contributed by atoms with Crippen LogP contribution in [0, 0.1) is 0 Å². The first-order valence-electron chi connectivity index (χ1n) is 12.9. The second-order valence-corrected chi connectivity index (χ2v) is 9.43. The molecule has 1 fully saturated rings. The van der Waals surface area contributed by atoms with Gasteiger partial charge in [-0.3, -0.25) is 0 Å². The highest BCUT2D eigenvalue weighted by molar-refractivity contribution is 4.89. The van der Waals surface area contributed by atoms with Crippen molar-refractivity contribution >= 4 is 0 Å². The first-order valence-corrected chi connectivity index (χ1v) is 12.9. The number of aliphatic hydroxyl groups is 6. The maximum absolute atomic E-state index is 10.3. The molecule has 3 unspecified atom stereocenters. The molecular formula is C24H49NO8. The van der Waals surface area contributed by atoms with Crippen LogP contribution in [0.4, 0.5) is 0 Å². The lowest BCUT2D eigenvalue weighted by Crippen LogP contribution is -2.60. The van der Waals surface area contributed by atoms with Gasteiger partial charge in [0, 0.05) is 0 Å². The van der Waals surface area contributed by atoms with E-state index in [2.05, 4.69) is 6.92 Å². The smallest absolute Gasteiger partial charge is 0.186 e. The van der Waals surface area contributed by atoms with E-state index in [1.165, 1.54) is 57.8 Å². The van der Waals surface area contributed by atoms with Crippen LogP contribution < -0.4 is 5.73 Å². The lowest BCUT2D eigenvalue weighted by Gasteiger charge is -2.40. The molecule has 1 saturated heterocycles. The zero-order valence-corrected chi connectivity index (χ0v) is 20.3. The quantitative estimate of drug-likeness (QED) is 0.133. The Hall–Kier alpha value is -0.360. The summed E-state index contributed by atoms with van der Waals surface area (Å²) in [7, 11) is 0. The molecule has 0 amide bonds. The van der Waals surface area contributed by atoms with E-state index < -0.39 is 55.6 Å². The summed E-state index contributed by atoms with van der Waals surface area (Å²) in [6.07, 6.45) is 5.95. The van der Waals surface area contributed by atoms with Gasteiger partial charge >= 0.3 is 0 Å². The highest BCUT2D eigenvalue weighted by Crippen LogP contribution is 2.22. The molecule has 0 aliphatic carbocycles. The van der Waals surface area contributed by atoms with Gasteiger partial charge in [-0.05, 0) is 6.42 Å². The van der Waals surface area contributed by atoms with Crippen LogP contribution in [0.1, 0.15) is 90.4 Å². The summed E-state index contributed by atoms with van der Waals surface area (Å²) in [4.78, 5) is 0.